The Morgan fingerprint density at radius 3 is 2.45 bits per heavy atom. The highest BCUT2D eigenvalue weighted by Gasteiger charge is 2.13. The standard InChI is InChI=1S/C17H11NO3S/c19-10-3-1-9(2-4-10)13-8-22-16-15(13)12-7-11(20)5-6-14(12)18-17(16)21/h1-8,19-20H,(H,18,21). The average Bonchev–Trinajstić information content (AvgIpc) is 2.95. The molecule has 0 spiro atoms. The SMILES string of the molecule is O=c1[nH]c2ccc(O)cc2c2c(-c3ccc(O)cc3)csc12. The summed E-state index contributed by atoms with van der Waals surface area (Å²) < 4.78 is 0.626. The van der Waals surface area contributed by atoms with Crippen LogP contribution in [0.5, 0.6) is 11.5 Å². The van der Waals surface area contributed by atoms with E-state index in [2.05, 4.69) is 4.98 Å². The molecule has 5 heteroatoms. The lowest BCUT2D eigenvalue weighted by Gasteiger charge is -2.05. The van der Waals surface area contributed by atoms with Crippen LogP contribution in [0.25, 0.3) is 32.1 Å². The Morgan fingerprint density at radius 1 is 0.955 bits per heavy atom. The van der Waals surface area contributed by atoms with Crippen molar-refractivity contribution < 1.29 is 10.2 Å². The van der Waals surface area contributed by atoms with Gasteiger partial charge in [-0.15, -0.1) is 11.3 Å². The van der Waals surface area contributed by atoms with Crippen LogP contribution in [-0.4, -0.2) is 15.2 Å². The van der Waals surface area contributed by atoms with Crippen LogP contribution in [0, 0.1) is 0 Å². The number of fused-ring (bicyclic) bond motifs is 3. The molecule has 2 aromatic carbocycles. The van der Waals surface area contributed by atoms with E-state index in [0.29, 0.717) is 10.2 Å². The normalized spacial score (nSPS) is 11.3. The van der Waals surface area contributed by atoms with Crippen LogP contribution in [0.1, 0.15) is 0 Å². The lowest BCUT2D eigenvalue weighted by molar-refractivity contribution is 0.475. The van der Waals surface area contributed by atoms with Crippen molar-refractivity contribution in [2.75, 3.05) is 0 Å². The summed E-state index contributed by atoms with van der Waals surface area (Å²) in [7, 11) is 0. The van der Waals surface area contributed by atoms with Gasteiger partial charge in [0, 0.05) is 27.2 Å². The van der Waals surface area contributed by atoms with Crippen molar-refractivity contribution in [3.63, 3.8) is 0 Å². The van der Waals surface area contributed by atoms with Gasteiger partial charge in [-0.3, -0.25) is 4.79 Å². The Bertz CT molecular complexity index is 1060. The predicted molar refractivity (Wildman–Crippen MR) is 88.7 cm³/mol. The molecule has 2 aromatic heterocycles. The number of benzene rings is 2. The molecule has 0 bridgehead atoms. The zero-order valence-corrected chi connectivity index (χ0v) is 12.1. The number of aromatic amines is 1. The fourth-order valence-corrected chi connectivity index (χ4v) is 3.66. The van der Waals surface area contributed by atoms with Gasteiger partial charge in [-0.25, -0.2) is 0 Å². The van der Waals surface area contributed by atoms with Crippen LogP contribution in [0.2, 0.25) is 0 Å². The Balaban J connectivity index is 2.16. The van der Waals surface area contributed by atoms with Gasteiger partial charge in [-0.2, -0.15) is 0 Å². The van der Waals surface area contributed by atoms with E-state index in [1.54, 1.807) is 30.3 Å². The third-order valence-corrected chi connectivity index (χ3v) is 4.68. The molecule has 0 saturated heterocycles. The first-order valence-electron chi connectivity index (χ1n) is 6.69. The van der Waals surface area contributed by atoms with Crippen LogP contribution >= 0.6 is 11.3 Å². The Kier molecular flexibility index (Phi) is 2.71. The van der Waals surface area contributed by atoms with E-state index in [0.717, 1.165) is 21.9 Å². The van der Waals surface area contributed by atoms with Gasteiger partial charge in [-0.05, 0) is 35.9 Å². The third kappa shape index (κ3) is 1.87. The summed E-state index contributed by atoms with van der Waals surface area (Å²) >= 11 is 1.37. The minimum absolute atomic E-state index is 0.136. The third-order valence-electron chi connectivity index (χ3n) is 3.70. The maximum absolute atomic E-state index is 12.2. The number of pyridine rings is 1. The van der Waals surface area contributed by atoms with Crippen LogP contribution in [0.4, 0.5) is 0 Å². The smallest absolute Gasteiger partial charge is 0.266 e. The number of H-pyrrole nitrogens is 1. The summed E-state index contributed by atoms with van der Waals surface area (Å²) in [6.07, 6.45) is 0. The fourth-order valence-electron chi connectivity index (χ4n) is 2.67. The van der Waals surface area contributed by atoms with Crippen LogP contribution < -0.4 is 5.56 Å². The Labute approximate surface area is 128 Å². The summed E-state index contributed by atoms with van der Waals surface area (Å²) in [5, 5.41) is 22.8. The zero-order valence-electron chi connectivity index (χ0n) is 11.3. The molecule has 0 fully saturated rings. The summed E-state index contributed by atoms with van der Waals surface area (Å²) in [5.74, 6) is 0.354. The lowest BCUT2D eigenvalue weighted by atomic mass is 10.0. The maximum Gasteiger partial charge on any atom is 0.266 e. The van der Waals surface area contributed by atoms with E-state index in [1.165, 1.54) is 11.3 Å². The van der Waals surface area contributed by atoms with Crippen LogP contribution in [-0.2, 0) is 0 Å². The lowest BCUT2D eigenvalue weighted by Crippen LogP contribution is -2.04. The van der Waals surface area contributed by atoms with Gasteiger partial charge in [-0.1, -0.05) is 12.1 Å². The topological polar surface area (TPSA) is 73.3 Å². The van der Waals surface area contributed by atoms with E-state index < -0.39 is 0 Å². The molecule has 0 saturated carbocycles. The van der Waals surface area contributed by atoms with Crippen LogP contribution in [0.15, 0.2) is 52.6 Å². The number of phenolic OH excluding ortho intramolecular Hbond substituents is 2. The Morgan fingerprint density at radius 2 is 1.68 bits per heavy atom. The van der Waals surface area contributed by atoms with Gasteiger partial charge in [0.15, 0.2) is 0 Å². The molecule has 0 amide bonds. The molecule has 0 aliphatic heterocycles. The maximum atomic E-state index is 12.2. The summed E-state index contributed by atoms with van der Waals surface area (Å²) in [4.78, 5) is 15.1. The minimum Gasteiger partial charge on any atom is -0.508 e. The monoisotopic (exact) mass is 309 g/mol. The second-order valence-corrected chi connectivity index (χ2v) is 5.96. The van der Waals surface area contributed by atoms with Crippen molar-refractivity contribution in [3.8, 4) is 22.6 Å². The molecule has 0 unspecified atom stereocenters. The van der Waals surface area contributed by atoms with Crippen molar-refractivity contribution in [1.82, 2.24) is 4.98 Å². The Hall–Kier alpha value is -2.79. The summed E-state index contributed by atoms with van der Waals surface area (Å²) in [6.45, 7) is 0. The molecular weight excluding hydrogens is 298 g/mol. The number of phenols is 2. The molecule has 0 aliphatic rings. The fraction of sp³-hybridized carbons (Fsp3) is 0. The summed E-state index contributed by atoms with van der Waals surface area (Å²) in [5.41, 5.74) is 2.39. The minimum atomic E-state index is -0.136. The van der Waals surface area contributed by atoms with Gasteiger partial charge in [0.2, 0.25) is 0 Å². The van der Waals surface area contributed by atoms with E-state index in [4.69, 9.17) is 0 Å². The average molecular weight is 309 g/mol. The predicted octanol–water partition coefficient (Wildman–Crippen LogP) is 3.82. The van der Waals surface area contributed by atoms with Gasteiger partial charge in [0.05, 0.1) is 0 Å². The van der Waals surface area contributed by atoms with Crippen molar-refractivity contribution >= 4 is 32.3 Å². The molecule has 4 rings (SSSR count). The molecule has 22 heavy (non-hydrogen) atoms. The first-order chi connectivity index (χ1) is 10.6. The quantitative estimate of drug-likeness (QED) is 0.500. The zero-order chi connectivity index (χ0) is 15.3. The van der Waals surface area contributed by atoms with Crippen molar-refractivity contribution in [1.29, 1.82) is 0 Å². The molecule has 4 aromatic rings. The first kappa shape index (κ1) is 12.9. The first-order valence-corrected chi connectivity index (χ1v) is 7.57. The second-order valence-electron chi connectivity index (χ2n) is 5.08. The molecule has 0 aliphatic carbocycles. The highest BCUT2D eigenvalue weighted by Crippen LogP contribution is 2.37. The number of aromatic hydroxyl groups is 2. The molecule has 2 heterocycles. The van der Waals surface area contributed by atoms with Gasteiger partial charge < -0.3 is 15.2 Å². The van der Waals surface area contributed by atoms with Crippen molar-refractivity contribution in [3.05, 3.63) is 58.2 Å². The molecule has 0 atom stereocenters. The van der Waals surface area contributed by atoms with E-state index >= 15 is 0 Å². The van der Waals surface area contributed by atoms with Gasteiger partial charge in [0.25, 0.3) is 5.56 Å². The largest absolute Gasteiger partial charge is 0.508 e. The highest BCUT2D eigenvalue weighted by atomic mass is 32.1. The van der Waals surface area contributed by atoms with E-state index in [-0.39, 0.29) is 17.1 Å². The number of nitrogens with one attached hydrogen (secondary N) is 1. The number of rotatable bonds is 1. The number of thiophene rings is 1. The number of hydrogen-bond acceptors (Lipinski definition) is 4. The van der Waals surface area contributed by atoms with Gasteiger partial charge >= 0.3 is 0 Å². The van der Waals surface area contributed by atoms with Gasteiger partial charge in [0.1, 0.15) is 16.2 Å². The highest BCUT2D eigenvalue weighted by molar-refractivity contribution is 7.17. The molecule has 4 nitrogen and oxygen atoms in total. The van der Waals surface area contributed by atoms with Crippen molar-refractivity contribution in [2.24, 2.45) is 0 Å². The second kappa shape index (κ2) is 4.61. The number of hydrogen-bond donors (Lipinski definition) is 3. The van der Waals surface area contributed by atoms with E-state index in [9.17, 15) is 15.0 Å². The molecular formula is C17H11NO3S. The summed E-state index contributed by atoms with van der Waals surface area (Å²) in [6, 6.07) is 11.8. The van der Waals surface area contributed by atoms with Crippen molar-refractivity contribution in [2.45, 2.75) is 0 Å². The van der Waals surface area contributed by atoms with E-state index in [1.807, 2.05) is 17.5 Å². The molecule has 108 valence electrons. The molecule has 3 N–H and O–H groups in total. The van der Waals surface area contributed by atoms with Crippen LogP contribution in [0.3, 0.4) is 0 Å². The molecule has 0 radical (unpaired) electrons. The number of aromatic nitrogens is 1.